The van der Waals surface area contributed by atoms with Gasteiger partial charge in [0.2, 0.25) is 0 Å². The summed E-state index contributed by atoms with van der Waals surface area (Å²) in [7, 11) is 0. The molecule has 0 aromatic heterocycles. The van der Waals surface area contributed by atoms with Gasteiger partial charge in [-0.1, -0.05) is 6.92 Å². The molecule has 0 amide bonds. The van der Waals surface area contributed by atoms with Crippen LogP contribution in [0.4, 0.5) is 0 Å². The zero-order valence-electron chi connectivity index (χ0n) is 5.17. The van der Waals surface area contributed by atoms with E-state index < -0.39 is 0 Å². The summed E-state index contributed by atoms with van der Waals surface area (Å²) in [6, 6.07) is 0.0463. The number of aliphatic hydroxyl groups is 1. The molecule has 1 aliphatic carbocycles. The summed E-state index contributed by atoms with van der Waals surface area (Å²) in [6.45, 7) is 2.12. The summed E-state index contributed by atoms with van der Waals surface area (Å²) in [5.41, 5.74) is 5.52. The van der Waals surface area contributed by atoms with Gasteiger partial charge in [0.1, 0.15) is 0 Å². The van der Waals surface area contributed by atoms with Crippen LogP contribution >= 0.6 is 0 Å². The molecular weight excluding hydrogens is 102 g/mol. The van der Waals surface area contributed by atoms with Crippen LogP contribution in [0.15, 0.2) is 0 Å². The fourth-order valence-electron chi connectivity index (χ4n) is 1.30. The number of hydrogen-bond donors (Lipinski definition) is 2. The van der Waals surface area contributed by atoms with E-state index in [0.29, 0.717) is 5.92 Å². The Hall–Kier alpha value is -0.0800. The quantitative estimate of drug-likeness (QED) is 0.470. The number of aliphatic hydroxyl groups excluding tert-OH is 1. The molecule has 3 atom stereocenters. The van der Waals surface area contributed by atoms with Crippen LogP contribution in [0.1, 0.15) is 19.8 Å². The molecule has 2 nitrogen and oxygen atoms in total. The average molecular weight is 115 g/mol. The van der Waals surface area contributed by atoms with Crippen LogP contribution in [0, 0.1) is 5.92 Å². The van der Waals surface area contributed by atoms with Crippen molar-refractivity contribution in [3.8, 4) is 0 Å². The molecule has 0 aromatic carbocycles. The van der Waals surface area contributed by atoms with E-state index in [1.165, 1.54) is 0 Å². The molecule has 0 spiro atoms. The lowest BCUT2D eigenvalue weighted by Crippen LogP contribution is -2.28. The second kappa shape index (κ2) is 2.03. The first-order chi connectivity index (χ1) is 3.70. The van der Waals surface area contributed by atoms with Gasteiger partial charge in [-0.25, -0.2) is 0 Å². The Kier molecular flexibility index (Phi) is 1.54. The SMILES string of the molecule is C[C@@H]1C[C@H](N)[C@@H](O)C1. The normalized spacial score (nSPS) is 47.6. The second-order valence-electron chi connectivity index (χ2n) is 2.81. The fourth-order valence-corrected chi connectivity index (χ4v) is 1.30. The van der Waals surface area contributed by atoms with Gasteiger partial charge in [-0.15, -0.1) is 0 Å². The molecule has 48 valence electrons. The standard InChI is InChI=1S/C6H13NO/c1-4-2-5(7)6(8)3-4/h4-6,8H,2-3,7H2,1H3/t4-,5+,6+/m1/s1. The molecule has 8 heavy (non-hydrogen) atoms. The van der Waals surface area contributed by atoms with Crippen LogP contribution in [0.3, 0.4) is 0 Å². The van der Waals surface area contributed by atoms with Gasteiger partial charge in [-0.2, -0.15) is 0 Å². The van der Waals surface area contributed by atoms with Crippen LogP contribution in [-0.4, -0.2) is 17.3 Å². The zero-order chi connectivity index (χ0) is 6.15. The molecule has 0 unspecified atom stereocenters. The molecule has 0 aromatic rings. The highest BCUT2D eigenvalue weighted by Gasteiger charge is 2.26. The Labute approximate surface area is 49.7 Å². The summed E-state index contributed by atoms with van der Waals surface area (Å²) >= 11 is 0. The molecule has 0 heterocycles. The largest absolute Gasteiger partial charge is 0.392 e. The van der Waals surface area contributed by atoms with Crippen molar-refractivity contribution in [2.75, 3.05) is 0 Å². The smallest absolute Gasteiger partial charge is 0.0693 e. The first-order valence-electron chi connectivity index (χ1n) is 3.14. The van der Waals surface area contributed by atoms with E-state index in [2.05, 4.69) is 6.92 Å². The fraction of sp³-hybridized carbons (Fsp3) is 1.00. The van der Waals surface area contributed by atoms with Crippen molar-refractivity contribution in [1.29, 1.82) is 0 Å². The molecular formula is C6H13NO. The van der Waals surface area contributed by atoms with E-state index in [0.717, 1.165) is 12.8 Å². The molecule has 2 heteroatoms. The Balaban J connectivity index is 2.39. The van der Waals surface area contributed by atoms with Gasteiger partial charge >= 0.3 is 0 Å². The molecule has 1 saturated carbocycles. The maximum absolute atomic E-state index is 9.04. The highest BCUT2D eigenvalue weighted by molar-refractivity contribution is 4.83. The summed E-state index contributed by atoms with van der Waals surface area (Å²) in [5.74, 6) is 0.625. The van der Waals surface area contributed by atoms with Crippen LogP contribution < -0.4 is 5.73 Å². The first-order valence-corrected chi connectivity index (χ1v) is 3.14. The van der Waals surface area contributed by atoms with Crippen LogP contribution in [0.5, 0.6) is 0 Å². The third-order valence-corrected chi connectivity index (χ3v) is 1.81. The van der Waals surface area contributed by atoms with Gasteiger partial charge in [0, 0.05) is 6.04 Å². The molecule has 1 fully saturated rings. The van der Waals surface area contributed by atoms with Crippen molar-refractivity contribution < 1.29 is 5.11 Å². The maximum Gasteiger partial charge on any atom is 0.0693 e. The maximum atomic E-state index is 9.04. The predicted octanol–water partition coefficient (Wildman–Crippen LogP) is 0.104. The van der Waals surface area contributed by atoms with Crippen molar-refractivity contribution >= 4 is 0 Å². The monoisotopic (exact) mass is 115 g/mol. The highest BCUT2D eigenvalue weighted by Crippen LogP contribution is 2.23. The van der Waals surface area contributed by atoms with Gasteiger partial charge in [0.25, 0.3) is 0 Å². The van der Waals surface area contributed by atoms with Crippen LogP contribution in [0.25, 0.3) is 0 Å². The molecule has 0 bridgehead atoms. The van der Waals surface area contributed by atoms with Crippen molar-refractivity contribution in [1.82, 2.24) is 0 Å². The van der Waals surface area contributed by atoms with E-state index >= 15 is 0 Å². The molecule has 0 saturated heterocycles. The lowest BCUT2D eigenvalue weighted by Gasteiger charge is -2.04. The Bertz CT molecular complexity index is 74.6. The third-order valence-electron chi connectivity index (χ3n) is 1.81. The Morgan fingerprint density at radius 3 is 2.25 bits per heavy atom. The van der Waals surface area contributed by atoms with Gasteiger partial charge in [-0.05, 0) is 18.8 Å². The van der Waals surface area contributed by atoms with E-state index in [9.17, 15) is 0 Å². The first kappa shape index (κ1) is 6.05. The molecule has 1 aliphatic rings. The zero-order valence-corrected chi connectivity index (χ0v) is 5.17. The van der Waals surface area contributed by atoms with Crippen molar-refractivity contribution in [3.63, 3.8) is 0 Å². The number of hydrogen-bond acceptors (Lipinski definition) is 2. The summed E-state index contributed by atoms with van der Waals surface area (Å²) < 4.78 is 0. The molecule has 1 rings (SSSR count). The Morgan fingerprint density at radius 1 is 1.50 bits per heavy atom. The number of rotatable bonds is 0. The van der Waals surface area contributed by atoms with Crippen molar-refractivity contribution in [3.05, 3.63) is 0 Å². The predicted molar refractivity (Wildman–Crippen MR) is 32.4 cm³/mol. The van der Waals surface area contributed by atoms with E-state index in [4.69, 9.17) is 10.8 Å². The van der Waals surface area contributed by atoms with E-state index in [-0.39, 0.29) is 12.1 Å². The van der Waals surface area contributed by atoms with Crippen LogP contribution in [-0.2, 0) is 0 Å². The minimum absolute atomic E-state index is 0.0463. The number of nitrogens with two attached hydrogens (primary N) is 1. The lowest BCUT2D eigenvalue weighted by atomic mass is 10.1. The summed E-state index contributed by atoms with van der Waals surface area (Å²) in [6.07, 6.45) is 1.65. The molecule has 0 radical (unpaired) electrons. The van der Waals surface area contributed by atoms with E-state index in [1.807, 2.05) is 0 Å². The minimum atomic E-state index is -0.231. The van der Waals surface area contributed by atoms with Gasteiger partial charge in [0.15, 0.2) is 0 Å². The topological polar surface area (TPSA) is 46.2 Å². The summed E-state index contributed by atoms with van der Waals surface area (Å²) in [4.78, 5) is 0. The van der Waals surface area contributed by atoms with Gasteiger partial charge in [-0.3, -0.25) is 0 Å². The molecule has 0 aliphatic heterocycles. The van der Waals surface area contributed by atoms with Gasteiger partial charge < -0.3 is 10.8 Å². The van der Waals surface area contributed by atoms with Crippen molar-refractivity contribution in [2.45, 2.75) is 31.9 Å². The minimum Gasteiger partial charge on any atom is -0.392 e. The van der Waals surface area contributed by atoms with Gasteiger partial charge in [0.05, 0.1) is 6.10 Å². The average Bonchev–Trinajstić information content (AvgIpc) is 1.85. The summed E-state index contributed by atoms with van der Waals surface area (Å²) in [5, 5.41) is 9.04. The third kappa shape index (κ3) is 1.01. The lowest BCUT2D eigenvalue weighted by molar-refractivity contribution is 0.162. The Morgan fingerprint density at radius 2 is 2.12 bits per heavy atom. The molecule has 3 N–H and O–H groups in total. The van der Waals surface area contributed by atoms with E-state index in [1.54, 1.807) is 0 Å². The second-order valence-corrected chi connectivity index (χ2v) is 2.81. The van der Waals surface area contributed by atoms with Crippen LogP contribution in [0.2, 0.25) is 0 Å². The van der Waals surface area contributed by atoms with Crippen molar-refractivity contribution in [2.24, 2.45) is 11.7 Å². The highest BCUT2D eigenvalue weighted by atomic mass is 16.3.